The average molecular weight is 292 g/mol. The molecule has 2 aliphatic carbocycles. The number of carboxylic acids is 1. The van der Waals surface area contributed by atoms with E-state index in [0.717, 1.165) is 12.8 Å². The maximum Gasteiger partial charge on any atom is 0.335 e. The van der Waals surface area contributed by atoms with Crippen LogP contribution in [0.25, 0.3) is 0 Å². The summed E-state index contributed by atoms with van der Waals surface area (Å²) in [7, 11) is 0. The summed E-state index contributed by atoms with van der Waals surface area (Å²) in [5, 5.41) is 8.95. The molecule has 2 bridgehead atoms. The summed E-state index contributed by atoms with van der Waals surface area (Å²) < 4.78 is 0. The topological polar surface area (TPSA) is 54.4 Å². The van der Waals surface area contributed by atoms with Crippen LogP contribution in [0.3, 0.4) is 0 Å². The number of benzene rings is 2. The number of aromatic carboxylic acids is 1. The van der Waals surface area contributed by atoms with Gasteiger partial charge >= 0.3 is 5.97 Å². The van der Waals surface area contributed by atoms with Crippen molar-refractivity contribution in [2.75, 3.05) is 0 Å². The van der Waals surface area contributed by atoms with Gasteiger partial charge in [-0.1, -0.05) is 36.4 Å². The zero-order valence-electron chi connectivity index (χ0n) is 12.0. The molecule has 3 heteroatoms. The van der Waals surface area contributed by atoms with Gasteiger partial charge in [-0.15, -0.1) is 0 Å². The van der Waals surface area contributed by atoms with Gasteiger partial charge in [-0.25, -0.2) is 4.79 Å². The Kier molecular flexibility index (Phi) is 2.89. The van der Waals surface area contributed by atoms with Crippen molar-refractivity contribution in [2.24, 2.45) is 5.92 Å². The Morgan fingerprint density at radius 3 is 1.82 bits per heavy atom. The van der Waals surface area contributed by atoms with Gasteiger partial charge in [-0.05, 0) is 47.9 Å². The van der Waals surface area contributed by atoms with Crippen LogP contribution in [0, 0.1) is 5.92 Å². The third kappa shape index (κ3) is 1.82. The normalized spacial score (nSPS) is 25.0. The van der Waals surface area contributed by atoms with Gasteiger partial charge in [0, 0.05) is 11.5 Å². The van der Waals surface area contributed by atoms with Crippen molar-refractivity contribution in [3.8, 4) is 0 Å². The fourth-order valence-electron chi connectivity index (χ4n) is 4.22. The quantitative estimate of drug-likeness (QED) is 0.874. The lowest BCUT2D eigenvalue weighted by molar-refractivity contribution is 0.0696. The molecule has 0 radical (unpaired) electrons. The Bertz CT molecular complexity index is 730. The van der Waals surface area contributed by atoms with Gasteiger partial charge in [0.25, 0.3) is 0 Å². The lowest BCUT2D eigenvalue weighted by Crippen LogP contribution is -2.17. The predicted octanol–water partition coefficient (Wildman–Crippen LogP) is 3.86. The number of hydrogen-bond acceptors (Lipinski definition) is 2. The molecule has 2 aromatic carbocycles. The van der Waals surface area contributed by atoms with Crippen LogP contribution in [-0.4, -0.2) is 16.9 Å². The summed E-state index contributed by atoms with van der Waals surface area (Å²) in [5.41, 5.74) is 3.51. The van der Waals surface area contributed by atoms with Gasteiger partial charge in [-0.3, -0.25) is 4.79 Å². The average Bonchev–Trinajstić information content (AvgIpc) is 3.11. The van der Waals surface area contributed by atoms with E-state index < -0.39 is 5.97 Å². The van der Waals surface area contributed by atoms with Crippen LogP contribution in [0.1, 0.15) is 56.5 Å². The van der Waals surface area contributed by atoms with Crippen LogP contribution in [-0.2, 0) is 0 Å². The van der Waals surface area contributed by atoms with E-state index in [4.69, 9.17) is 5.11 Å². The molecule has 0 amide bonds. The predicted molar refractivity (Wildman–Crippen MR) is 82.4 cm³/mol. The van der Waals surface area contributed by atoms with Crippen LogP contribution in [0.5, 0.6) is 0 Å². The minimum Gasteiger partial charge on any atom is -0.478 e. The molecule has 0 saturated heterocycles. The minimum absolute atomic E-state index is 0.0214. The first-order chi connectivity index (χ1) is 10.7. The van der Waals surface area contributed by atoms with Crippen LogP contribution in [0.15, 0.2) is 48.5 Å². The van der Waals surface area contributed by atoms with Gasteiger partial charge in [0.2, 0.25) is 0 Å². The minimum atomic E-state index is -0.965. The highest BCUT2D eigenvalue weighted by Crippen LogP contribution is 2.57. The largest absolute Gasteiger partial charge is 0.478 e. The van der Waals surface area contributed by atoms with Crippen molar-refractivity contribution in [1.82, 2.24) is 0 Å². The molecule has 3 nitrogen and oxygen atoms in total. The number of ketones is 1. The molecule has 1 N–H and O–H groups in total. The van der Waals surface area contributed by atoms with E-state index >= 15 is 0 Å². The number of rotatable bonds is 3. The first-order valence-corrected chi connectivity index (χ1v) is 7.63. The molecule has 1 saturated carbocycles. The Morgan fingerprint density at radius 2 is 1.32 bits per heavy atom. The first-order valence-electron chi connectivity index (χ1n) is 7.63. The molecular formula is C19H16O3. The second kappa shape index (κ2) is 4.80. The van der Waals surface area contributed by atoms with Crippen LogP contribution in [0.4, 0.5) is 0 Å². The van der Waals surface area contributed by atoms with Crippen molar-refractivity contribution in [2.45, 2.75) is 24.7 Å². The highest BCUT2D eigenvalue weighted by Gasteiger charge is 2.48. The van der Waals surface area contributed by atoms with Crippen molar-refractivity contribution in [3.63, 3.8) is 0 Å². The van der Waals surface area contributed by atoms with E-state index in [0.29, 0.717) is 17.4 Å². The van der Waals surface area contributed by atoms with Crippen LogP contribution in [0.2, 0.25) is 0 Å². The number of carboxylic acid groups (broad SMARTS) is 1. The van der Waals surface area contributed by atoms with Gasteiger partial charge in [-0.2, -0.15) is 0 Å². The summed E-state index contributed by atoms with van der Waals surface area (Å²) in [6.45, 7) is 0. The summed E-state index contributed by atoms with van der Waals surface area (Å²) in [6.07, 6.45) is 2.15. The second-order valence-electron chi connectivity index (χ2n) is 6.19. The van der Waals surface area contributed by atoms with Crippen LogP contribution >= 0.6 is 0 Å². The number of hydrogen-bond donors (Lipinski definition) is 1. The fourth-order valence-corrected chi connectivity index (χ4v) is 4.22. The lowest BCUT2D eigenvalue weighted by Gasteiger charge is -2.14. The SMILES string of the molecule is O=C(O)c1ccc(C(=O)C2C3CCC2c2ccccc23)cc1. The Morgan fingerprint density at radius 1 is 0.818 bits per heavy atom. The molecule has 0 spiro atoms. The molecule has 2 atom stereocenters. The summed E-state index contributed by atoms with van der Waals surface area (Å²) >= 11 is 0. The Hall–Kier alpha value is -2.42. The summed E-state index contributed by atoms with van der Waals surface area (Å²) in [6, 6.07) is 14.7. The third-order valence-corrected chi connectivity index (χ3v) is 5.17. The highest BCUT2D eigenvalue weighted by molar-refractivity contribution is 6.00. The number of fused-ring (bicyclic) bond motifs is 5. The molecule has 0 heterocycles. The van der Waals surface area contributed by atoms with Gasteiger partial charge in [0.1, 0.15) is 0 Å². The van der Waals surface area contributed by atoms with Gasteiger partial charge in [0.15, 0.2) is 5.78 Å². The van der Waals surface area contributed by atoms with E-state index in [-0.39, 0.29) is 17.3 Å². The number of carbonyl (C=O) groups is 2. The molecule has 4 rings (SSSR count). The first kappa shape index (κ1) is 13.3. The maximum atomic E-state index is 12.9. The standard InChI is InChI=1S/C19H16O3/c20-18(11-5-7-12(8-6-11)19(21)22)17-15-9-10-16(17)14-4-2-1-3-13(14)15/h1-8,15-17H,9-10H2,(H,21,22). The highest BCUT2D eigenvalue weighted by atomic mass is 16.4. The van der Waals surface area contributed by atoms with Gasteiger partial charge < -0.3 is 5.11 Å². The second-order valence-corrected chi connectivity index (χ2v) is 6.19. The van der Waals surface area contributed by atoms with E-state index in [2.05, 4.69) is 12.1 Å². The van der Waals surface area contributed by atoms with E-state index in [9.17, 15) is 9.59 Å². The molecule has 110 valence electrons. The Labute approximate surface area is 128 Å². The molecular weight excluding hydrogens is 276 g/mol. The number of carbonyl (C=O) groups excluding carboxylic acids is 1. The van der Waals surface area contributed by atoms with E-state index in [1.807, 2.05) is 12.1 Å². The molecule has 2 aliphatic rings. The maximum absolute atomic E-state index is 12.9. The molecule has 2 unspecified atom stereocenters. The van der Waals surface area contributed by atoms with E-state index in [1.165, 1.54) is 23.3 Å². The van der Waals surface area contributed by atoms with Crippen molar-refractivity contribution >= 4 is 11.8 Å². The van der Waals surface area contributed by atoms with Crippen molar-refractivity contribution in [1.29, 1.82) is 0 Å². The smallest absolute Gasteiger partial charge is 0.335 e. The molecule has 22 heavy (non-hydrogen) atoms. The fraction of sp³-hybridized carbons (Fsp3) is 0.263. The molecule has 0 aliphatic heterocycles. The third-order valence-electron chi connectivity index (χ3n) is 5.17. The molecule has 1 fully saturated rings. The zero-order chi connectivity index (χ0) is 15.3. The number of Topliss-reactive ketones (excluding diaryl/α,β-unsaturated/α-hetero) is 1. The van der Waals surface area contributed by atoms with E-state index in [1.54, 1.807) is 12.1 Å². The zero-order valence-corrected chi connectivity index (χ0v) is 12.0. The van der Waals surface area contributed by atoms with Crippen molar-refractivity contribution < 1.29 is 14.7 Å². The van der Waals surface area contributed by atoms with Crippen LogP contribution < -0.4 is 0 Å². The van der Waals surface area contributed by atoms with Crippen molar-refractivity contribution in [3.05, 3.63) is 70.8 Å². The summed E-state index contributed by atoms with van der Waals surface area (Å²) in [4.78, 5) is 23.8. The molecule has 2 aromatic rings. The summed E-state index contributed by atoms with van der Waals surface area (Å²) in [5.74, 6) is -0.137. The van der Waals surface area contributed by atoms with Gasteiger partial charge in [0.05, 0.1) is 5.56 Å². The monoisotopic (exact) mass is 292 g/mol. The lowest BCUT2D eigenvalue weighted by atomic mass is 9.87. The molecule has 0 aromatic heterocycles. The Balaban J connectivity index is 1.66.